The molecular weight excluding hydrogens is 304 g/mol. The first-order chi connectivity index (χ1) is 10.5. The molecule has 6 nitrogen and oxygen atoms in total. The zero-order chi connectivity index (χ0) is 16.1. The van der Waals surface area contributed by atoms with Crippen LogP contribution in [0.25, 0.3) is 0 Å². The van der Waals surface area contributed by atoms with Gasteiger partial charge in [0.25, 0.3) is 5.91 Å². The lowest BCUT2D eigenvalue weighted by Gasteiger charge is -2.31. The lowest BCUT2D eigenvalue weighted by atomic mass is 9.97. The zero-order valence-corrected chi connectivity index (χ0v) is 12.8. The molecule has 0 bridgehead atoms. The van der Waals surface area contributed by atoms with E-state index in [2.05, 4.69) is 0 Å². The third-order valence-corrected chi connectivity index (χ3v) is 4.64. The van der Waals surface area contributed by atoms with Crippen molar-refractivity contribution in [1.82, 2.24) is 4.90 Å². The van der Waals surface area contributed by atoms with Crippen molar-refractivity contribution in [2.45, 2.75) is 17.7 Å². The second kappa shape index (κ2) is 7.31. The van der Waals surface area contributed by atoms with Crippen LogP contribution < -0.4 is 5.73 Å². The SMILES string of the molecule is NC(=O)CSc1ccccc1C(=O)N1CCCC(C(=O)O)C1. The van der Waals surface area contributed by atoms with E-state index in [0.29, 0.717) is 29.8 Å². The average Bonchev–Trinajstić information content (AvgIpc) is 2.52. The summed E-state index contributed by atoms with van der Waals surface area (Å²) in [4.78, 5) is 36.9. The van der Waals surface area contributed by atoms with Gasteiger partial charge in [0.05, 0.1) is 17.2 Å². The van der Waals surface area contributed by atoms with E-state index in [1.54, 1.807) is 29.2 Å². The van der Waals surface area contributed by atoms with Crippen molar-refractivity contribution in [2.75, 3.05) is 18.8 Å². The van der Waals surface area contributed by atoms with Crippen LogP contribution in [0.4, 0.5) is 0 Å². The van der Waals surface area contributed by atoms with Gasteiger partial charge in [-0.3, -0.25) is 14.4 Å². The van der Waals surface area contributed by atoms with Crippen molar-refractivity contribution >= 4 is 29.5 Å². The summed E-state index contributed by atoms with van der Waals surface area (Å²) in [5.74, 6) is -1.92. The van der Waals surface area contributed by atoms with Gasteiger partial charge < -0.3 is 15.7 Å². The van der Waals surface area contributed by atoms with Crippen LogP contribution in [0.3, 0.4) is 0 Å². The molecule has 2 amide bonds. The maximum atomic E-state index is 12.6. The first-order valence-electron chi connectivity index (χ1n) is 7.01. The number of thioether (sulfide) groups is 1. The minimum atomic E-state index is -0.867. The van der Waals surface area contributed by atoms with E-state index >= 15 is 0 Å². The number of carbonyl (C=O) groups excluding carboxylic acids is 2. The highest BCUT2D eigenvalue weighted by Gasteiger charge is 2.29. The van der Waals surface area contributed by atoms with E-state index in [1.165, 1.54) is 11.8 Å². The van der Waals surface area contributed by atoms with Gasteiger partial charge >= 0.3 is 5.97 Å². The summed E-state index contributed by atoms with van der Waals surface area (Å²) in [5.41, 5.74) is 5.63. The lowest BCUT2D eigenvalue weighted by molar-refractivity contribution is -0.143. The molecule has 0 saturated carbocycles. The fraction of sp³-hybridized carbons (Fsp3) is 0.400. The second-order valence-electron chi connectivity index (χ2n) is 5.18. The van der Waals surface area contributed by atoms with Crippen molar-refractivity contribution < 1.29 is 19.5 Å². The molecular formula is C15H18N2O4S. The molecule has 1 unspecified atom stereocenters. The van der Waals surface area contributed by atoms with E-state index in [4.69, 9.17) is 10.8 Å². The maximum Gasteiger partial charge on any atom is 0.308 e. The standard InChI is InChI=1S/C15H18N2O4S/c16-13(18)9-22-12-6-2-1-5-11(12)14(19)17-7-3-4-10(8-17)15(20)21/h1-2,5-6,10H,3-4,7-9H2,(H2,16,18)(H,20,21). The number of benzene rings is 1. The molecule has 1 aromatic rings. The molecule has 3 N–H and O–H groups in total. The van der Waals surface area contributed by atoms with Crippen molar-refractivity contribution in [2.24, 2.45) is 11.7 Å². The number of aliphatic carboxylic acids is 1. The van der Waals surface area contributed by atoms with Gasteiger partial charge in [-0.2, -0.15) is 0 Å². The molecule has 0 aromatic heterocycles. The second-order valence-corrected chi connectivity index (χ2v) is 6.20. The average molecular weight is 322 g/mol. The first-order valence-corrected chi connectivity index (χ1v) is 8.00. The van der Waals surface area contributed by atoms with Crippen LogP contribution in [-0.4, -0.2) is 46.6 Å². The van der Waals surface area contributed by atoms with Gasteiger partial charge in [-0.1, -0.05) is 12.1 Å². The highest BCUT2D eigenvalue weighted by atomic mass is 32.2. The van der Waals surface area contributed by atoms with Gasteiger partial charge in [-0.05, 0) is 25.0 Å². The number of amides is 2. The number of primary amides is 1. The van der Waals surface area contributed by atoms with Crippen LogP contribution in [0.1, 0.15) is 23.2 Å². The number of carbonyl (C=O) groups is 3. The largest absolute Gasteiger partial charge is 0.481 e. The Balaban J connectivity index is 2.15. The van der Waals surface area contributed by atoms with Crippen molar-refractivity contribution in [3.05, 3.63) is 29.8 Å². The number of piperidine rings is 1. The Morgan fingerprint density at radius 3 is 2.73 bits per heavy atom. The fourth-order valence-electron chi connectivity index (χ4n) is 2.45. The van der Waals surface area contributed by atoms with Crippen molar-refractivity contribution in [3.63, 3.8) is 0 Å². The fourth-order valence-corrected chi connectivity index (χ4v) is 3.23. The molecule has 0 aliphatic carbocycles. The van der Waals surface area contributed by atoms with Gasteiger partial charge in [0.2, 0.25) is 5.91 Å². The molecule has 1 saturated heterocycles. The summed E-state index contributed by atoms with van der Waals surface area (Å²) in [5, 5.41) is 9.11. The smallest absolute Gasteiger partial charge is 0.308 e. The number of hydrogen-bond acceptors (Lipinski definition) is 4. The number of rotatable bonds is 5. The van der Waals surface area contributed by atoms with Crippen LogP contribution in [0.2, 0.25) is 0 Å². The predicted octanol–water partition coefficient (Wildman–Crippen LogP) is 1.20. The lowest BCUT2D eigenvalue weighted by Crippen LogP contribution is -2.42. The van der Waals surface area contributed by atoms with Crippen LogP contribution in [-0.2, 0) is 9.59 Å². The normalized spacial score (nSPS) is 18.0. The minimum Gasteiger partial charge on any atom is -0.481 e. The van der Waals surface area contributed by atoms with Gasteiger partial charge in [0.1, 0.15) is 0 Å². The number of hydrogen-bond donors (Lipinski definition) is 2. The molecule has 1 aromatic carbocycles. The summed E-state index contributed by atoms with van der Waals surface area (Å²) < 4.78 is 0. The Kier molecular flexibility index (Phi) is 5.43. The molecule has 0 spiro atoms. The van der Waals surface area contributed by atoms with Crippen LogP contribution in [0, 0.1) is 5.92 Å². The van der Waals surface area contributed by atoms with Gasteiger partial charge in [-0.15, -0.1) is 11.8 Å². The third kappa shape index (κ3) is 4.00. The third-order valence-electron chi connectivity index (χ3n) is 3.55. The van der Waals surface area contributed by atoms with Crippen LogP contribution in [0.5, 0.6) is 0 Å². The molecule has 1 aliphatic heterocycles. The molecule has 1 atom stereocenters. The highest BCUT2D eigenvalue weighted by molar-refractivity contribution is 8.00. The molecule has 7 heteroatoms. The molecule has 1 aliphatic rings. The predicted molar refractivity (Wildman–Crippen MR) is 82.6 cm³/mol. The number of nitrogens with two attached hydrogens (primary N) is 1. The van der Waals surface area contributed by atoms with Crippen LogP contribution >= 0.6 is 11.8 Å². The molecule has 2 rings (SSSR count). The molecule has 1 heterocycles. The summed E-state index contributed by atoms with van der Waals surface area (Å²) in [7, 11) is 0. The summed E-state index contributed by atoms with van der Waals surface area (Å²) >= 11 is 1.22. The van der Waals surface area contributed by atoms with E-state index in [1.807, 2.05) is 0 Å². The zero-order valence-electron chi connectivity index (χ0n) is 12.0. The number of likely N-dealkylation sites (tertiary alicyclic amines) is 1. The van der Waals surface area contributed by atoms with E-state index in [9.17, 15) is 14.4 Å². The van der Waals surface area contributed by atoms with Gasteiger partial charge in [-0.25, -0.2) is 0 Å². The van der Waals surface area contributed by atoms with E-state index in [-0.39, 0.29) is 18.2 Å². The Morgan fingerprint density at radius 2 is 2.05 bits per heavy atom. The molecule has 0 radical (unpaired) electrons. The monoisotopic (exact) mass is 322 g/mol. The molecule has 1 fully saturated rings. The number of carboxylic acid groups (broad SMARTS) is 1. The van der Waals surface area contributed by atoms with Gasteiger partial charge in [0.15, 0.2) is 0 Å². The summed E-state index contributed by atoms with van der Waals surface area (Å²) in [6, 6.07) is 6.99. The Labute approximate surface area is 132 Å². The Morgan fingerprint density at radius 1 is 1.32 bits per heavy atom. The topological polar surface area (TPSA) is 101 Å². The van der Waals surface area contributed by atoms with Gasteiger partial charge in [0, 0.05) is 18.0 Å². The summed E-state index contributed by atoms with van der Waals surface area (Å²) in [6.45, 7) is 0.778. The van der Waals surface area contributed by atoms with Crippen LogP contribution in [0.15, 0.2) is 29.2 Å². The Hall–Kier alpha value is -2.02. The summed E-state index contributed by atoms with van der Waals surface area (Å²) in [6.07, 6.45) is 1.27. The number of nitrogens with zero attached hydrogens (tertiary/aromatic N) is 1. The molecule has 22 heavy (non-hydrogen) atoms. The van der Waals surface area contributed by atoms with E-state index < -0.39 is 17.8 Å². The maximum absolute atomic E-state index is 12.6. The van der Waals surface area contributed by atoms with Crippen molar-refractivity contribution in [1.29, 1.82) is 0 Å². The minimum absolute atomic E-state index is 0.0993. The van der Waals surface area contributed by atoms with Crippen molar-refractivity contribution in [3.8, 4) is 0 Å². The number of carboxylic acids is 1. The highest BCUT2D eigenvalue weighted by Crippen LogP contribution is 2.25. The van der Waals surface area contributed by atoms with E-state index in [0.717, 1.165) is 0 Å². The molecule has 118 valence electrons. The Bertz CT molecular complexity index is 591. The first kappa shape index (κ1) is 16.4. The quantitative estimate of drug-likeness (QED) is 0.793.